The van der Waals surface area contributed by atoms with Crippen molar-refractivity contribution in [3.8, 4) is 0 Å². The van der Waals surface area contributed by atoms with Crippen LogP contribution in [0, 0.1) is 0 Å². The van der Waals surface area contributed by atoms with Gasteiger partial charge in [-0.25, -0.2) is 0 Å². The number of carboxylic acid groups (broad SMARTS) is 1. The van der Waals surface area contributed by atoms with E-state index in [4.69, 9.17) is 10.8 Å². The van der Waals surface area contributed by atoms with Gasteiger partial charge in [-0.2, -0.15) is 0 Å². The summed E-state index contributed by atoms with van der Waals surface area (Å²) in [6.45, 7) is 2.46. The van der Waals surface area contributed by atoms with Gasteiger partial charge in [-0.3, -0.25) is 24.0 Å². The Hall–Kier alpha value is -2.69. The van der Waals surface area contributed by atoms with Crippen LogP contribution in [0.2, 0.25) is 0 Å². The van der Waals surface area contributed by atoms with Crippen molar-refractivity contribution in [3.63, 3.8) is 0 Å². The summed E-state index contributed by atoms with van der Waals surface area (Å²) in [7, 11) is 0. The van der Waals surface area contributed by atoms with E-state index in [1.807, 2.05) is 0 Å². The van der Waals surface area contributed by atoms with Crippen LogP contribution in [0.3, 0.4) is 0 Å². The molecular formula is C17H27N5O6. The minimum Gasteiger partial charge on any atom is -0.480 e. The summed E-state index contributed by atoms with van der Waals surface area (Å²) in [6.07, 6.45) is 2.22. The molecule has 4 amide bonds. The van der Waals surface area contributed by atoms with E-state index in [-0.39, 0.29) is 11.9 Å². The number of amides is 4. The smallest absolute Gasteiger partial charge is 0.325 e. The van der Waals surface area contributed by atoms with Crippen LogP contribution < -0.4 is 21.7 Å². The van der Waals surface area contributed by atoms with Crippen molar-refractivity contribution in [1.29, 1.82) is 0 Å². The SMILES string of the molecule is CC(NC(=O)C(CC(N)=O)NC(=O)C1CCCN1C(=O)C1CCCN1)C(=O)O. The third-order valence-corrected chi connectivity index (χ3v) is 4.96. The largest absolute Gasteiger partial charge is 0.480 e. The number of primary amides is 1. The Kier molecular flexibility index (Phi) is 7.32. The molecule has 4 atom stereocenters. The number of carbonyl (C=O) groups is 5. The lowest BCUT2D eigenvalue weighted by Crippen LogP contribution is -2.57. The van der Waals surface area contributed by atoms with Gasteiger partial charge in [-0.1, -0.05) is 0 Å². The molecule has 156 valence electrons. The molecule has 6 N–H and O–H groups in total. The number of likely N-dealkylation sites (tertiary alicyclic amines) is 1. The fraction of sp³-hybridized carbons (Fsp3) is 0.706. The van der Waals surface area contributed by atoms with Crippen molar-refractivity contribution in [3.05, 3.63) is 0 Å². The predicted molar refractivity (Wildman–Crippen MR) is 96.7 cm³/mol. The van der Waals surface area contributed by atoms with Crippen molar-refractivity contribution in [1.82, 2.24) is 20.9 Å². The maximum absolute atomic E-state index is 12.7. The maximum Gasteiger partial charge on any atom is 0.325 e. The lowest BCUT2D eigenvalue weighted by molar-refractivity contribution is -0.143. The highest BCUT2D eigenvalue weighted by molar-refractivity contribution is 5.96. The quantitative estimate of drug-likeness (QED) is 0.306. The first-order chi connectivity index (χ1) is 13.2. The summed E-state index contributed by atoms with van der Waals surface area (Å²) >= 11 is 0. The van der Waals surface area contributed by atoms with Gasteiger partial charge in [0.15, 0.2) is 0 Å². The Labute approximate surface area is 162 Å². The molecule has 2 aliphatic rings. The predicted octanol–water partition coefficient (Wildman–Crippen LogP) is -2.32. The Morgan fingerprint density at radius 3 is 2.46 bits per heavy atom. The first-order valence-electron chi connectivity index (χ1n) is 9.36. The minimum atomic E-state index is -1.31. The number of carboxylic acids is 1. The number of nitrogens with zero attached hydrogens (tertiary/aromatic N) is 1. The maximum atomic E-state index is 12.7. The molecule has 11 nitrogen and oxygen atoms in total. The summed E-state index contributed by atoms with van der Waals surface area (Å²) in [6, 6.07) is -3.56. The number of hydrogen-bond acceptors (Lipinski definition) is 6. The second-order valence-corrected chi connectivity index (χ2v) is 7.14. The lowest BCUT2D eigenvalue weighted by Gasteiger charge is -2.28. The highest BCUT2D eigenvalue weighted by Gasteiger charge is 2.39. The highest BCUT2D eigenvalue weighted by atomic mass is 16.4. The van der Waals surface area contributed by atoms with Gasteiger partial charge in [-0.15, -0.1) is 0 Å². The molecule has 2 aliphatic heterocycles. The standard InChI is InChI=1S/C17H27N5O6/c1-9(17(27)28)20-14(24)11(8-13(18)23)21-15(25)12-5-3-7-22(12)16(26)10-4-2-6-19-10/h9-12,19H,2-8H2,1H3,(H2,18,23)(H,20,24)(H,21,25)(H,27,28). The molecule has 2 saturated heterocycles. The van der Waals surface area contributed by atoms with Gasteiger partial charge in [0, 0.05) is 6.54 Å². The molecule has 2 rings (SSSR count). The summed E-state index contributed by atoms with van der Waals surface area (Å²) in [4.78, 5) is 61.3. The second-order valence-electron chi connectivity index (χ2n) is 7.14. The molecule has 0 bridgehead atoms. The number of nitrogens with one attached hydrogen (secondary N) is 3. The Balaban J connectivity index is 2.04. The van der Waals surface area contributed by atoms with E-state index < -0.39 is 48.2 Å². The molecule has 0 saturated carbocycles. The van der Waals surface area contributed by atoms with E-state index in [2.05, 4.69) is 16.0 Å². The molecule has 0 aromatic rings. The monoisotopic (exact) mass is 397 g/mol. The van der Waals surface area contributed by atoms with Crippen molar-refractivity contribution < 1.29 is 29.1 Å². The van der Waals surface area contributed by atoms with Crippen molar-refractivity contribution in [2.75, 3.05) is 13.1 Å². The van der Waals surface area contributed by atoms with Crippen LogP contribution in [-0.4, -0.2) is 76.9 Å². The molecule has 0 aliphatic carbocycles. The van der Waals surface area contributed by atoms with Gasteiger partial charge >= 0.3 is 5.97 Å². The van der Waals surface area contributed by atoms with E-state index in [0.29, 0.717) is 25.8 Å². The molecule has 2 fully saturated rings. The van der Waals surface area contributed by atoms with Gasteiger partial charge in [0.25, 0.3) is 0 Å². The third kappa shape index (κ3) is 5.41. The summed E-state index contributed by atoms with van der Waals surface area (Å²) < 4.78 is 0. The van der Waals surface area contributed by atoms with Crippen molar-refractivity contribution >= 4 is 29.6 Å². The lowest BCUT2D eigenvalue weighted by atomic mass is 10.1. The Bertz CT molecular complexity index is 648. The van der Waals surface area contributed by atoms with E-state index in [0.717, 1.165) is 13.0 Å². The topological polar surface area (TPSA) is 171 Å². The summed E-state index contributed by atoms with van der Waals surface area (Å²) in [5.74, 6) is -3.61. The van der Waals surface area contributed by atoms with E-state index in [1.54, 1.807) is 0 Å². The molecule has 0 spiro atoms. The number of carbonyl (C=O) groups excluding carboxylic acids is 4. The van der Waals surface area contributed by atoms with Gasteiger partial charge in [0.1, 0.15) is 18.1 Å². The highest BCUT2D eigenvalue weighted by Crippen LogP contribution is 2.21. The van der Waals surface area contributed by atoms with E-state index in [1.165, 1.54) is 11.8 Å². The van der Waals surface area contributed by atoms with E-state index >= 15 is 0 Å². The van der Waals surface area contributed by atoms with Crippen molar-refractivity contribution in [2.24, 2.45) is 5.73 Å². The molecular weight excluding hydrogens is 370 g/mol. The van der Waals surface area contributed by atoms with Crippen LogP contribution in [0.1, 0.15) is 39.0 Å². The Morgan fingerprint density at radius 1 is 1.18 bits per heavy atom. The number of rotatable bonds is 8. The van der Waals surface area contributed by atoms with Crippen LogP contribution in [0.15, 0.2) is 0 Å². The molecule has 0 aromatic heterocycles. The average Bonchev–Trinajstić information content (AvgIpc) is 3.31. The zero-order valence-corrected chi connectivity index (χ0v) is 15.8. The van der Waals surface area contributed by atoms with Gasteiger partial charge in [0.05, 0.1) is 12.5 Å². The fourth-order valence-corrected chi connectivity index (χ4v) is 3.45. The first-order valence-corrected chi connectivity index (χ1v) is 9.36. The Morgan fingerprint density at radius 2 is 1.89 bits per heavy atom. The van der Waals surface area contributed by atoms with Gasteiger partial charge in [0.2, 0.25) is 23.6 Å². The average molecular weight is 397 g/mol. The normalized spacial score (nSPS) is 23.7. The minimum absolute atomic E-state index is 0.148. The number of hydrogen-bond donors (Lipinski definition) is 5. The molecule has 2 heterocycles. The van der Waals surface area contributed by atoms with E-state index in [9.17, 15) is 24.0 Å². The van der Waals surface area contributed by atoms with Crippen LogP contribution in [-0.2, 0) is 24.0 Å². The van der Waals surface area contributed by atoms with Crippen LogP contribution in [0.5, 0.6) is 0 Å². The summed E-state index contributed by atoms with van der Waals surface area (Å²) in [5, 5.41) is 16.7. The van der Waals surface area contributed by atoms with Crippen LogP contribution in [0.25, 0.3) is 0 Å². The second kappa shape index (κ2) is 9.49. The number of nitrogens with two attached hydrogens (primary N) is 1. The van der Waals surface area contributed by atoms with Crippen LogP contribution in [0.4, 0.5) is 0 Å². The zero-order valence-electron chi connectivity index (χ0n) is 15.8. The van der Waals surface area contributed by atoms with Crippen LogP contribution >= 0.6 is 0 Å². The first kappa shape index (κ1) is 21.6. The van der Waals surface area contributed by atoms with Crippen molar-refractivity contribution in [2.45, 2.75) is 63.2 Å². The zero-order chi connectivity index (χ0) is 20.8. The van der Waals surface area contributed by atoms with Gasteiger partial charge < -0.3 is 31.7 Å². The molecule has 0 aromatic carbocycles. The third-order valence-electron chi connectivity index (χ3n) is 4.96. The number of aliphatic carboxylic acids is 1. The molecule has 0 radical (unpaired) electrons. The molecule has 4 unspecified atom stereocenters. The summed E-state index contributed by atoms with van der Waals surface area (Å²) in [5.41, 5.74) is 5.15. The van der Waals surface area contributed by atoms with Gasteiger partial charge in [-0.05, 0) is 39.2 Å². The molecule has 11 heteroatoms. The fourth-order valence-electron chi connectivity index (χ4n) is 3.45. The molecule has 28 heavy (non-hydrogen) atoms.